The minimum absolute atomic E-state index is 0. The maximum atomic E-state index is 13.6. The molecule has 5 nitrogen and oxygen atoms in total. The standard InChI is InChI=1S/C23H33N3O2.ClH/c1-16-13-17-7-3-6-10-20(17)26(16)22(28)19-9-5-4-8-18(19)21(27)25-12-11-23(2,14-24)15-25;/h3,6-7,10,16,18-19H,4-5,8-9,11-15,24H2,1-2H3;1H. The van der Waals surface area contributed by atoms with Crippen molar-refractivity contribution in [1.82, 2.24) is 4.90 Å². The molecule has 1 saturated carbocycles. The molecule has 4 unspecified atom stereocenters. The van der Waals surface area contributed by atoms with Crippen LogP contribution >= 0.6 is 12.4 Å². The summed E-state index contributed by atoms with van der Waals surface area (Å²) < 4.78 is 0. The number of halogens is 1. The Hall–Kier alpha value is -1.59. The van der Waals surface area contributed by atoms with E-state index in [9.17, 15) is 9.59 Å². The summed E-state index contributed by atoms with van der Waals surface area (Å²) >= 11 is 0. The summed E-state index contributed by atoms with van der Waals surface area (Å²) in [5.74, 6) is -0.0485. The van der Waals surface area contributed by atoms with Crippen molar-refractivity contribution < 1.29 is 9.59 Å². The fourth-order valence-electron chi connectivity index (χ4n) is 5.42. The highest BCUT2D eigenvalue weighted by Crippen LogP contribution is 2.39. The smallest absolute Gasteiger partial charge is 0.231 e. The summed E-state index contributed by atoms with van der Waals surface area (Å²) in [5, 5.41) is 0. The Bertz CT molecular complexity index is 770. The summed E-state index contributed by atoms with van der Waals surface area (Å²) in [6.07, 6.45) is 5.57. The third-order valence-corrected chi connectivity index (χ3v) is 7.21. The Morgan fingerprint density at radius 1 is 1.14 bits per heavy atom. The van der Waals surface area contributed by atoms with Crippen LogP contribution in [0.25, 0.3) is 0 Å². The van der Waals surface area contributed by atoms with Gasteiger partial charge in [-0.1, -0.05) is 38.0 Å². The molecule has 0 bridgehead atoms. The maximum Gasteiger partial charge on any atom is 0.231 e. The molecule has 2 aliphatic heterocycles. The molecular formula is C23H34ClN3O2. The van der Waals surface area contributed by atoms with E-state index in [2.05, 4.69) is 19.9 Å². The summed E-state index contributed by atoms with van der Waals surface area (Å²) in [5.41, 5.74) is 8.22. The van der Waals surface area contributed by atoms with Crippen LogP contribution in [0.1, 0.15) is 51.5 Å². The first-order chi connectivity index (χ1) is 13.4. The van der Waals surface area contributed by atoms with E-state index in [1.165, 1.54) is 5.56 Å². The summed E-state index contributed by atoms with van der Waals surface area (Å²) in [6, 6.07) is 8.35. The number of carbonyl (C=O) groups excluding carboxylic acids is 2. The van der Waals surface area contributed by atoms with E-state index >= 15 is 0 Å². The van der Waals surface area contributed by atoms with Gasteiger partial charge < -0.3 is 15.5 Å². The molecule has 2 N–H and O–H groups in total. The monoisotopic (exact) mass is 419 g/mol. The number of nitrogens with zero attached hydrogens (tertiary/aromatic N) is 2. The van der Waals surface area contributed by atoms with Crippen LogP contribution in [0.2, 0.25) is 0 Å². The van der Waals surface area contributed by atoms with Gasteiger partial charge in [0.2, 0.25) is 11.8 Å². The first-order valence-electron chi connectivity index (χ1n) is 10.8. The number of fused-ring (bicyclic) bond motifs is 1. The quantitative estimate of drug-likeness (QED) is 0.816. The Kier molecular flexibility index (Phi) is 6.59. The van der Waals surface area contributed by atoms with Gasteiger partial charge in [-0.15, -0.1) is 12.4 Å². The first-order valence-corrected chi connectivity index (χ1v) is 10.8. The normalized spacial score (nSPS) is 31.3. The average molecular weight is 420 g/mol. The molecule has 0 radical (unpaired) electrons. The van der Waals surface area contributed by atoms with Gasteiger partial charge in [-0.2, -0.15) is 0 Å². The number of nitrogens with two attached hydrogens (primary N) is 1. The number of likely N-dealkylation sites (tertiary alicyclic amines) is 1. The van der Waals surface area contributed by atoms with Crippen LogP contribution in [0.3, 0.4) is 0 Å². The largest absolute Gasteiger partial charge is 0.342 e. The van der Waals surface area contributed by atoms with Crippen LogP contribution in [0, 0.1) is 17.3 Å². The molecule has 0 aromatic heterocycles. The minimum atomic E-state index is -0.195. The first kappa shape index (κ1) is 22.1. The summed E-state index contributed by atoms with van der Waals surface area (Å²) in [7, 11) is 0. The number of rotatable bonds is 3. The van der Waals surface area contributed by atoms with Crippen molar-refractivity contribution in [1.29, 1.82) is 0 Å². The second-order valence-electron chi connectivity index (χ2n) is 9.41. The molecule has 29 heavy (non-hydrogen) atoms. The van der Waals surface area contributed by atoms with Gasteiger partial charge in [-0.25, -0.2) is 0 Å². The zero-order valence-electron chi connectivity index (χ0n) is 17.6. The number of benzene rings is 1. The number of hydrogen-bond acceptors (Lipinski definition) is 3. The molecule has 4 rings (SSSR count). The van der Waals surface area contributed by atoms with Crippen LogP contribution in [0.4, 0.5) is 5.69 Å². The van der Waals surface area contributed by atoms with E-state index in [1.807, 2.05) is 28.0 Å². The van der Waals surface area contributed by atoms with Crippen molar-refractivity contribution in [3.8, 4) is 0 Å². The van der Waals surface area contributed by atoms with E-state index in [1.54, 1.807) is 0 Å². The highest BCUT2D eigenvalue weighted by Gasteiger charge is 2.44. The average Bonchev–Trinajstić information content (AvgIpc) is 3.27. The van der Waals surface area contributed by atoms with Gasteiger partial charge >= 0.3 is 0 Å². The zero-order chi connectivity index (χ0) is 19.9. The lowest BCUT2D eigenvalue weighted by Gasteiger charge is -2.36. The Morgan fingerprint density at radius 3 is 2.45 bits per heavy atom. The topological polar surface area (TPSA) is 66.6 Å². The van der Waals surface area contributed by atoms with Gasteiger partial charge in [0.25, 0.3) is 0 Å². The third kappa shape index (κ3) is 4.04. The highest BCUT2D eigenvalue weighted by molar-refractivity contribution is 6.00. The molecule has 4 atom stereocenters. The molecular weight excluding hydrogens is 386 g/mol. The van der Waals surface area contributed by atoms with Crippen LogP contribution in [0.5, 0.6) is 0 Å². The molecule has 1 saturated heterocycles. The molecule has 0 spiro atoms. The summed E-state index contributed by atoms with van der Waals surface area (Å²) in [4.78, 5) is 30.9. The van der Waals surface area contributed by atoms with E-state index in [0.29, 0.717) is 6.54 Å². The molecule has 1 aromatic carbocycles. The fraction of sp³-hybridized carbons (Fsp3) is 0.652. The van der Waals surface area contributed by atoms with Gasteiger partial charge in [-0.3, -0.25) is 9.59 Å². The van der Waals surface area contributed by atoms with Crippen LogP contribution < -0.4 is 10.6 Å². The SMILES string of the molecule is CC1Cc2ccccc2N1C(=O)C1CCCCC1C(=O)N1CCC(C)(CN)C1.Cl. The van der Waals surface area contributed by atoms with E-state index in [0.717, 1.165) is 57.3 Å². The lowest BCUT2D eigenvalue weighted by molar-refractivity contribution is -0.142. The third-order valence-electron chi connectivity index (χ3n) is 7.21. The number of hydrogen-bond donors (Lipinski definition) is 1. The van der Waals surface area contributed by atoms with E-state index in [-0.39, 0.29) is 47.5 Å². The predicted molar refractivity (Wildman–Crippen MR) is 118 cm³/mol. The Labute approximate surface area is 180 Å². The van der Waals surface area contributed by atoms with Crippen molar-refractivity contribution >= 4 is 29.9 Å². The van der Waals surface area contributed by atoms with Crippen molar-refractivity contribution in [2.24, 2.45) is 23.0 Å². The van der Waals surface area contributed by atoms with Crippen molar-refractivity contribution in [3.63, 3.8) is 0 Å². The number of carbonyl (C=O) groups is 2. The second kappa shape index (κ2) is 8.65. The van der Waals surface area contributed by atoms with Crippen LogP contribution in [0.15, 0.2) is 24.3 Å². The van der Waals surface area contributed by atoms with Gasteiger partial charge in [0, 0.05) is 30.7 Å². The highest BCUT2D eigenvalue weighted by atomic mass is 35.5. The van der Waals surface area contributed by atoms with E-state index < -0.39 is 0 Å². The van der Waals surface area contributed by atoms with Gasteiger partial charge in [0.15, 0.2) is 0 Å². The zero-order valence-corrected chi connectivity index (χ0v) is 18.4. The molecule has 3 aliphatic rings. The molecule has 1 aliphatic carbocycles. The number of para-hydroxylation sites is 1. The van der Waals surface area contributed by atoms with Crippen molar-refractivity contribution in [2.75, 3.05) is 24.5 Å². The fourth-order valence-corrected chi connectivity index (χ4v) is 5.42. The molecule has 6 heteroatoms. The van der Waals surface area contributed by atoms with Gasteiger partial charge in [0.1, 0.15) is 0 Å². The minimum Gasteiger partial charge on any atom is -0.342 e. The lowest BCUT2D eigenvalue weighted by Crippen LogP contribution is -2.48. The van der Waals surface area contributed by atoms with Crippen LogP contribution in [-0.4, -0.2) is 42.4 Å². The summed E-state index contributed by atoms with van der Waals surface area (Å²) in [6.45, 7) is 6.37. The molecule has 160 valence electrons. The van der Waals surface area contributed by atoms with Gasteiger partial charge in [0.05, 0.1) is 5.92 Å². The maximum absolute atomic E-state index is 13.6. The Morgan fingerprint density at radius 2 is 1.79 bits per heavy atom. The predicted octanol–water partition coefficient (Wildman–Crippen LogP) is 3.39. The number of amides is 2. The van der Waals surface area contributed by atoms with Crippen molar-refractivity contribution in [2.45, 2.75) is 58.4 Å². The molecule has 2 amide bonds. The lowest BCUT2D eigenvalue weighted by atomic mass is 9.77. The van der Waals surface area contributed by atoms with E-state index in [4.69, 9.17) is 5.73 Å². The van der Waals surface area contributed by atoms with Gasteiger partial charge in [-0.05, 0) is 56.2 Å². The Balaban J connectivity index is 0.00000240. The van der Waals surface area contributed by atoms with Crippen molar-refractivity contribution in [3.05, 3.63) is 29.8 Å². The molecule has 2 heterocycles. The second-order valence-corrected chi connectivity index (χ2v) is 9.41. The number of anilines is 1. The molecule has 1 aromatic rings. The van der Waals surface area contributed by atoms with Crippen LogP contribution in [-0.2, 0) is 16.0 Å². The molecule has 2 fully saturated rings.